The monoisotopic (exact) mass is 674 g/mol. The van der Waals surface area contributed by atoms with E-state index in [9.17, 15) is 0 Å². The lowest BCUT2D eigenvalue weighted by Gasteiger charge is -2.46. The Labute approximate surface area is 284 Å². The van der Waals surface area contributed by atoms with Crippen LogP contribution in [0.2, 0.25) is 24.2 Å². The summed E-state index contributed by atoms with van der Waals surface area (Å²) in [7, 11) is -4.87. The molecule has 0 radical (unpaired) electrons. The van der Waals surface area contributed by atoms with Crippen molar-refractivity contribution >= 4 is 32.0 Å². The van der Waals surface area contributed by atoms with Gasteiger partial charge in [0.05, 0.1) is 33.0 Å². The molecule has 0 aromatic heterocycles. The second-order valence-electron chi connectivity index (χ2n) is 16.4. The van der Waals surface area contributed by atoms with E-state index in [0.717, 1.165) is 12.5 Å². The van der Waals surface area contributed by atoms with Gasteiger partial charge >= 0.3 is 0 Å². The fraction of sp³-hybridized carbons (Fsp3) is 0.538. The van der Waals surface area contributed by atoms with Crippen LogP contribution >= 0.6 is 0 Å². The van der Waals surface area contributed by atoms with Gasteiger partial charge in [0.25, 0.3) is 8.32 Å². The standard InChI is InChI=1S/C39H54O6Si2/c1-36(2,3)47(30-21-15-11-16-22-30,31-23-17-12-18-24-31)41-27-39(28-46(8,9)29-19-13-10-14-20-29)25-32-34(45-39)35(44-38(6,7)42-32)33-26-40-37(4,5)43-33/h10-24,32-35H,25-28H2,1-9H3/t32-,33+,34+,35+,39+/m1/s1. The van der Waals surface area contributed by atoms with Crippen molar-refractivity contribution in [2.45, 2.75) is 121 Å². The highest BCUT2D eigenvalue weighted by molar-refractivity contribution is 6.99. The Hall–Kier alpha value is -2.15. The van der Waals surface area contributed by atoms with Gasteiger partial charge in [0, 0.05) is 6.42 Å². The number of hydrogen-bond donors (Lipinski definition) is 0. The third kappa shape index (κ3) is 6.99. The summed E-state index contributed by atoms with van der Waals surface area (Å²) in [6, 6.07) is 33.6. The molecule has 0 N–H and O–H groups in total. The van der Waals surface area contributed by atoms with Gasteiger partial charge < -0.3 is 28.1 Å². The van der Waals surface area contributed by atoms with E-state index in [4.69, 9.17) is 28.1 Å². The maximum absolute atomic E-state index is 7.67. The van der Waals surface area contributed by atoms with Crippen molar-refractivity contribution < 1.29 is 28.1 Å². The number of ether oxygens (including phenoxy) is 5. The first-order valence-corrected chi connectivity index (χ1v) is 22.3. The second kappa shape index (κ2) is 12.6. The Morgan fingerprint density at radius 3 is 1.64 bits per heavy atom. The molecule has 0 bridgehead atoms. The molecule has 3 aromatic carbocycles. The van der Waals surface area contributed by atoms with Crippen LogP contribution in [-0.2, 0) is 28.1 Å². The quantitative estimate of drug-likeness (QED) is 0.246. The molecule has 3 saturated heterocycles. The van der Waals surface area contributed by atoms with Gasteiger partial charge in [-0.2, -0.15) is 0 Å². The number of fused-ring (bicyclic) bond motifs is 1. The van der Waals surface area contributed by atoms with Gasteiger partial charge in [-0.05, 0) is 49.2 Å². The number of hydrogen-bond acceptors (Lipinski definition) is 6. The van der Waals surface area contributed by atoms with Crippen LogP contribution in [0.3, 0.4) is 0 Å². The predicted molar refractivity (Wildman–Crippen MR) is 193 cm³/mol. The molecule has 3 aliphatic heterocycles. The minimum absolute atomic E-state index is 0.153. The Balaban J connectivity index is 1.43. The third-order valence-corrected chi connectivity index (χ3v) is 18.6. The lowest BCUT2D eigenvalue weighted by molar-refractivity contribution is -0.339. The summed E-state index contributed by atoms with van der Waals surface area (Å²) in [6.45, 7) is 20.7. The van der Waals surface area contributed by atoms with Gasteiger partial charge in [-0.25, -0.2) is 0 Å². The van der Waals surface area contributed by atoms with Gasteiger partial charge in [0.15, 0.2) is 11.6 Å². The molecule has 0 amide bonds. The predicted octanol–water partition coefficient (Wildman–Crippen LogP) is 6.38. The van der Waals surface area contributed by atoms with E-state index in [1.54, 1.807) is 0 Å². The van der Waals surface area contributed by atoms with E-state index < -0.39 is 33.6 Å². The van der Waals surface area contributed by atoms with Crippen LogP contribution in [-0.4, -0.2) is 71.2 Å². The van der Waals surface area contributed by atoms with Gasteiger partial charge in [-0.15, -0.1) is 0 Å². The smallest absolute Gasteiger partial charge is 0.261 e. The summed E-state index contributed by atoms with van der Waals surface area (Å²) < 4.78 is 40.9. The molecule has 254 valence electrons. The first kappa shape index (κ1) is 34.7. The third-order valence-electron chi connectivity index (χ3n) is 10.2. The van der Waals surface area contributed by atoms with Gasteiger partial charge in [0.2, 0.25) is 0 Å². The summed E-state index contributed by atoms with van der Waals surface area (Å²) in [5, 5.41) is 3.79. The van der Waals surface area contributed by atoms with Crippen molar-refractivity contribution in [2.24, 2.45) is 0 Å². The SMILES string of the molecule is CC1(C)OC[C@@H]([C@@H]2OC(C)(C)O[C@@H]3C[C@](CO[Si](c4ccccc4)(c4ccccc4)C(C)(C)C)(C[Si](C)(C)c4ccccc4)O[C@H]23)O1. The minimum Gasteiger partial charge on any atom is -0.404 e. The van der Waals surface area contributed by atoms with Crippen LogP contribution in [0.4, 0.5) is 0 Å². The lowest BCUT2D eigenvalue weighted by atomic mass is 9.96. The van der Waals surface area contributed by atoms with E-state index in [1.807, 2.05) is 27.7 Å². The molecule has 47 heavy (non-hydrogen) atoms. The van der Waals surface area contributed by atoms with Gasteiger partial charge in [-0.1, -0.05) is 130 Å². The minimum atomic E-state index is -2.84. The summed E-state index contributed by atoms with van der Waals surface area (Å²) >= 11 is 0. The summed E-state index contributed by atoms with van der Waals surface area (Å²) in [5.41, 5.74) is -0.592. The van der Waals surface area contributed by atoms with Crippen LogP contribution in [0.1, 0.15) is 54.9 Å². The maximum atomic E-state index is 7.67. The Bertz CT molecular complexity index is 1450. The first-order valence-electron chi connectivity index (χ1n) is 17.2. The lowest BCUT2D eigenvalue weighted by Crippen LogP contribution is -2.68. The molecule has 0 spiro atoms. The highest BCUT2D eigenvalue weighted by Crippen LogP contribution is 2.48. The second-order valence-corrected chi connectivity index (χ2v) is 25.4. The van der Waals surface area contributed by atoms with E-state index >= 15 is 0 Å². The molecular weight excluding hydrogens is 621 g/mol. The molecule has 8 heteroatoms. The molecule has 3 aliphatic rings. The van der Waals surface area contributed by atoms with E-state index in [-0.39, 0.29) is 29.5 Å². The molecular formula is C39H54O6Si2. The molecule has 3 fully saturated rings. The highest BCUT2D eigenvalue weighted by atomic mass is 28.4. The van der Waals surface area contributed by atoms with Crippen LogP contribution < -0.4 is 15.6 Å². The molecule has 0 aliphatic carbocycles. The maximum Gasteiger partial charge on any atom is 0.261 e. The average Bonchev–Trinajstić information content (AvgIpc) is 3.56. The van der Waals surface area contributed by atoms with Crippen molar-refractivity contribution in [1.82, 2.24) is 0 Å². The van der Waals surface area contributed by atoms with Crippen LogP contribution in [0.25, 0.3) is 0 Å². The molecule has 3 aromatic rings. The van der Waals surface area contributed by atoms with E-state index in [0.29, 0.717) is 13.2 Å². The molecule has 5 atom stereocenters. The van der Waals surface area contributed by atoms with Crippen molar-refractivity contribution in [3.63, 3.8) is 0 Å². The first-order chi connectivity index (χ1) is 22.1. The zero-order valence-electron chi connectivity index (χ0n) is 29.7. The zero-order chi connectivity index (χ0) is 33.7. The van der Waals surface area contributed by atoms with Crippen LogP contribution in [0.5, 0.6) is 0 Å². The average molecular weight is 675 g/mol. The van der Waals surface area contributed by atoms with E-state index in [2.05, 4.69) is 125 Å². The topological polar surface area (TPSA) is 55.4 Å². The van der Waals surface area contributed by atoms with Gasteiger partial charge in [-0.3, -0.25) is 0 Å². The summed E-state index contributed by atoms with van der Waals surface area (Å²) in [4.78, 5) is 0. The Morgan fingerprint density at radius 1 is 0.660 bits per heavy atom. The van der Waals surface area contributed by atoms with Crippen LogP contribution in [0.15, 0.2) is 91.0 Å². The van der Waals surface area contributed by atoms with Crippen molar-refractivity contribution in [2.75, 3.05) is 13.2 Å². The largest absolute Gasteiger partial charge is 0.404 e. The number of rotatable bonds is 9. The van der Waals surface area contributed by atoms with Crippen LogP contribution in [0, 0.1) is 0 Å². The summed E-state index contributed by atoms with van der Waals surface area (Å²) in [6.07, 6.45) is -0.345. The normalized spacial score (nSPS) is 29.0. The zero-order valence-corrected chi connectivity index (χ0v) is 31.7. The number of benzene rings is 3. The molecule has 6 nitrogen and oxygen atoms in total. The molecule has 3 heterocycles. The van der Waals surface area contributed by atoms with Gasteiger partial charge in [0.1, 0.15) is 18.3 Å². The van der Waals surface area contributed by atoms with Crippen molar-refractivity contribution in [3.8, 4) is 0 Å². The fourth-order valence-electron chi connectivity index (χ4n) is 8.29. The summed E-state index contributed by atoms with van der Waals surface area (Å²) in [5.74, 6) is -1.46. The van der Waals surface area contributed by atoms with E-state index in [1.165, 1.54) is 15.6 Å². The van der Waals surface area contributed by atoms with Crippen molar-refractivity contribution in [3.05, 3.63) is 91.0 Å². The molecule has 6 rings (SSSR count). The Kier molecular flexibility index (Phi) is 9.33. The molecule has 0 unspecified atom stereocenters. The molecule has 0 saturated carbocycles. The highest BCUT2D eigenvalue weighted by Gasteiger charge is 2.61. The Morgan fingerprint density at radius 2 is 1.15 bits per heavy atom. The van der Waals surface area contributed by atoms with Crippen molar-refractivity contribution in [1.29, 1.82) is 0 Å². The fourth-order valence-corrected chi connectivity index (χ4v) is 16.2.